The molecule has 24 heavy (non-hydrogen) atoms. The van der Waals surface area contributed by atoms with Crippen molar-refractivity contribution in [2.75, 3.05) is 4.31 Å². The average Bonchev–Trinajstić information content (AvgIpc) is 2.80. The zero-order valence-corrected chi connectivity index (χ0v) is 13.2. The molecule has 0 spiro atoms. The van der Waals surface area contributed by atoms with Gasteiger partial charge < -0.3 is 10.2 Å². The number of hydrogen-bond donors (Lipinski definition) is 3. The molecular formula is C16H13N3O4S. The molecule has 2 aromatic rings. The Morgan fingerprint density at radius 3 is 2.54 bits per heavy atom. The highest BCUT2D eigenvalue weighted by molar-refractivity contribution is 7.91. The normalized spacial score (nSPS) is 15.5. The maximum atomic E-state index is 11.8. The van der Waals surface area contributed by atoms with Crippen molar-refractivity contribution in [1.29, 1.82) is 5.26 Å². The van der Waals surface area contributed by atoms with E-state index in [1.165, 1.54) is 12.1 Å². The summed E-state index contributed by atoms with van der Waals surface area (Å²) in [6, 6.07) is 13.8. The average molecular weight is 343 g/mol. The number of anilines is 1. The summed E-state index contributed by atoms with van der Waals surface area (Å²) in [5.74, 6) is -0.778. The molecule has 0 atom stereocenters. The number of nitrogens with zero attached hydrogens (tertiary/aromatic N) is 2. The zero-order chi connectivity index (χ0) is 17.3. The zero-order valence-electron chi connectivity index (χ0n) is 12.3. The minimum atomic E-state index is -3.96. The van der Waals surface area contributed by atoms with Crippen molar-refractivity contribution in [3.05, 3.63) is 71.2 Å². The van der Waals surface area contributed by atoms with Gasteiger partial charge in [-0.1, -0.05) is 24.3 Å². The second-order valence-corrected chi connectivity index (χ2v) is 6.73. The molecule has 2 aromatic carbocycles. The molecule has 0 unspecified atom stereocenters. The number of aliphatic hydroxyl groups excluding tert-OH is 1. The molecule has 0 aromatic heterocycles. The van der Waals surface area contributed by atoms with Gasteiger partial charge >= 0.3 is 10.2 Å². The van der Waals surface area contributed by atoms with E-state index in [0.717, 1.165) is 21.6 Å². The Morgan fingerprint density at radius 1 is 1.17 bits per heavy atom. The summed E-state index contributed by atoms with van der Waals surface area (Å²) in [7, 11) is -3.96. The van der Waals surface area contributed by atoms with Gasteiger partial charge in [0.15, 0.2) is 0 Å². The first-order valence-electron chi connectivity index (χ1n) is 6.93. The van der Waals surface area contributed by atoms with Crippen LogP contribution in [0.25, 0.3) is 0 Å². The first kappa shape index (κ1) is 15.7. The fraction of sp³-hybridized carbons (Fsp3) is 0.0625. The summed E-state index contributed by atoms with van der Waals surface area (Å²) < 4.78 is 26.3. The van der Waals surface area contributed by atoms with Crippen molar-refractivity contribution in [2.24, 2.45) is 0 Å². The van der Waals surface area contributed by atoms with Gasteiger partial charge in [0.25, 0.3) is 0 Å². The minimum Gasteiger partial charge on any atom is -0.506 e. The van der Waals surface area contributed by atoms with Crippen LogP contribution in [0.3, 0.4) is 0 Å². The van der Waals surface area contributed by atoms with Crippen LogP contribution in [-0.4, -0.2) is 18.6 Å². The number of nitriles is 1. The predicted octanol–water partition coefficient (Wildman–Crippen LogP) is 1.87. The molecule has 8 heteroatoms. The highest BCUT2D eigenvalue weighted by Crippen LogP contribution is 2.33. The van der Waals surface area contributed by atoms with Crippen LogP contribution >= 0.6 is 0 Å². The van der Waals surface area contributed by atoms with Crippen LogP contribution in [0.2, 0.25) is 0 Å². The van der Waals surface area contributed by atoms with Gasteiger partial charge in [-0.25, -0.2) is 9.03 Å². The maximum absolute atomic E-state index is 11.8. The summed E-state index contributed by atoms with van der Waals surface area (Å²) in [4.78, 5) is 0. The highest BCUT2D eigenvalue weighted by atomic mass is 32.2. The van der Waals surface area contributed by atoms with E-state index in [1.54, 1.807) is 18.2 Å². The molecule has 1 heterocycles. The Hall–Kier alpha value is -3.18. The number of phenols is 1. The van der Waals surface area contributed by atoms with E-state index in [1.807, 2.05) is 16.9 Å². The van der Waals surface area contributed by atoms with Gasteiger partial charge in [-0.2, -0.15) is 13.7 Å². The molecule has 1 aliphatic rings. The van der Waals surface area contributed by atoms with Gasteiger partial charge in [-0.3, -0.25) is 0 Å². The quantitative estimate of drug-likeness (QED) is 0.787. The van der Waals surface area contributed by atoms with Crippen molar-refractivity contribution < 1.29 is 18.6 Å². The van der Waals surface area contributed by atoms with E-state index in [0.29, 0.717) is 12.0 Å². The summed E-state index contributed by atoms with van der Waals surface area (Å²) in [5.41, 5.74) is 2.08. The summed E-state index contributed by atoms with van der Waals surface area (Å²) in [6.45, 7) is 0. The van der Waals surface area contributed by atoms with E-state index in [4.69, 9.17) is 5.26 Å². The minimum absolute atomic E-state index is 0.0175. The Balaban J connectivity index is 1.93. The van der Waals surface area contributed by atoms with Crippen molar-refractivity contribution in [1.82, 2.24) is 4.72 Å². The van der Waals surface area contributed by atoms with Gasteiger partial charge in [0, 0.05) is 0 Å². The third kappa shape index (κ3) is 2.85. The summed E-state index contributed by atoms with van der Waals surface area (Å²) in [5, 5.41) is 28.6. The van der Waals surface area contributed by atoms with Crippen LogP contribution < -0.4 is 9.03 Å². The molecule has 0 saturated heterocycles. The van der Waals surface area contributed by atoms with Crippen molar-refractivity contribution in [3.8, 4) is 11.8 Å². The molecular weight excluding hydrogens is 330 g/mol. The monoisotopic (exact) mass is 343 g/mol. The predicted molar refractivity (Wildman–Crippen MR) is 87.3 cm³/mol. The number of hydrogen-bond acceptors (Lipinski definition) is 5. The lowest BCUT2D eigenvalue weighted by atomic mass is 10.00. The number of aliphatic hydroxyl groups is 1. The molecule has 0 fully saturated rings. The topological polar surface area (TPSA) is 114 Å². The lowest BCUT2D eigenvalue weighted by Crippen LogP contribution is -2.29. The maximum Gasteiger partial charge on any atom is 0.330 e. The van der Waals surface area contributed by atoms with Gasteiger partial charge in [-0.15, -0.1) is 0 Å². The third-order valence-corrected chi connectivity index (χ3v) is 4.83. The van der Waals surface area contributed by atoms with Crippen LogP contribution in [0.4, 0.5) is 5.69 Å². The van der Waals surface area contributed by atoms with Crippen LogP contribution in [0.1, 0.15) is 16.7 Å². The fourth-order valence-corrected chi connectivity index (χ4v) is 3.52. The van der Waals surface area contributed by atoms with Crippen molar-refractivity contribution >= 4 is 15.9 Å². The third-order valence-electron chi connectivity index (χ3n) is 3.54. The van der Waals surface area contributed by atoms with E-state index < -0.39 is 16.1 Å². The summed E-state index contributed by atoms with van der Waals surface area (Å²) >= 11 is 0. The van der Waals surface area contributed by atoms with Crippen LogP contribution in [-0.2, 0) is 16.6 Å². The number of aromatic hydroxyl groups is 1. The molecule has 0 saturated carbocycles. The van der Waals surface area contributed by atoms with Crippen LogP contribution in [0.15, 0.2) is 54.5 Å². The molecule has 0 bridgehead atoms. The lowest BCUT2D eigenvalue weighted by molar-refractivity contribution is 0.392. The first-order valence-corrected chi connectivity index (χ1v) is 8.37. The smallest absolute Gasteiger partial charge is 0.330 e. The second kappa shape index (κ2) is 5.79. The molecule has 0 amide bonds. The molecule has 0 aliphatic carbocycles. The number of rotatable bonds is 3. The van der Waals surface area contributed by atoms with E-state index >= 15 is 0 Å². The molecule has 0 radical (unpaired) electrons. The SMILES string of the molecule is N#Cc1ccccc1Cc1ccc(N2C=C(O)NS2(=O)=O)c(O)c1. The lowest BCUT2D eigenvalue weighted by Gasteiger charge is -2.16. The largest absolute Gasteiger partial charge is 0.506 e. The van der Waals surface area contributed by atoms with Gasteiger partial charge in [0.2, 0.25) is 5.88 Å². The van der Waals surface area contributed by atoms with Gasteiger partial charge in [0.1, 0.15) is 11.4 Å². The highest BCUT2D eigenvalue weighted by Gasteiger charge is 2.30. The Labute approximate surface area is 138 Å². The Morgan fingerprint density at radius 2 is 1.92 bits per heavy atom. The second-order valence-electron chi connectivity index (χ2n) is 5.19. The van der Waals surface area contributed by atoms with E-state index in [9.17, 15) is 18.6 Å². The van der Waals surface area contributed by atoms with E-state index in [2.05, 4.69) is 6.07 Å². The van der Waals surface area contributed by atoms with Crippen molar-refractivity contribution in [2.45, 2.75) is 6.42 Å². The Bertz CT molecular complexity index is 977. The first-order chi connectivity index (χ1) is 11.4. The van der Waals surface area contributed by atoms with Crippen LogP contribution in [0.5, 0.6) is 5.75 Å². The van der Waals surface area contributed by atoms with Gasteiger partial charge in [0.05, 0.1) is 17.8 Å². The van der Waals surface area contributed by atoms with Gasteiger partial charge in [-0.05, 0) is 35.7 Å². The molecule has 7 nitrogen and oxygen atoms in total. The fourth-order valence-electron chi connectivity index (χ4n) is 2.46. The van der Waals surface area contributed by atoms with E-state index in [-0.39, 0.29) is 11.4 Å². The Kier molecular flexibility index (Phi) is 3.79. The molecule has 3 N–H and O–H groups in total. The molecule has 1 aliphatic heterocycles. The standard InChI is InChI=1S/C16H13N3O4S/c17-9-13-4-2-1-3-12(13)7-11-5-6-14(15(20)8-11)19-10-16(21)18-24(19,22)23/h1-6,8,10,18,20-21H,7H2. The number of nitrogens with one attached hydrogen (secondary N) is 1. The number of benzene rings is 2. The van der Waals surface area contributed by atoms with Crippen LogP contribution in [0, 0.1) is 11.3 Å². The number of phenolic OH excluding ortho intramolecular Hbond substituents is 1. The molecule has 3 rings (SSSR count). The van der Waals surface area contributed by atoms with Crippen molar-refractivity contribution in [3.63, 3.8) is 0 Å². The molecule has 122 valence electrons. The summed E-state index contributed by atoms with van der Waals surface area (Å²) in [6.07, 6.45) is 1.39.